The van der Waals surface area contributed by atoms with Crippen molar-refractivity contribution in [2.75, 3.05) is 68.0 Å². The van der Waals surface area contributed by atoms with Crippen molar-refractivity contribution >= 4 is 57.8 Å². The lowest BCUT2D eigenvalue weighted by Gasteiger charge is -2.39. The van der Waals surface area contributed by atoms with Crippen LogP contribution in [0, 0.1) is 11.8 Å². The first-order valence-electron chi connectivity index (χ1n) is 22.2. The van der Waals surface area contributed by atoms with E-state index in [2.05, 4.69) is 74.9 Å². The van der Waals surface area contributed by atoms with Crippen LogP contribution in [0.1, 0.15) is 66.9 Å². The minimum atomic E-state index is -0.518. The molecule has 4 heterocycles. The third-order valence-corrected chi connectivity index (χ3v) is 13.1. The van der Waals surface area contributed by atoms with Gasteiger partial charge in [0.15, 0.2) is 17.0 Å². The number of aromatic nitrogens is 4. The summed E-state index contributed by atoms with van der Waals surface area (Å²) in [5.74, 6) is 1.77. The van der Waals surface area contributed by atoms with Gasteiger partial charge in [0.25, 0.3) is 5.91 Å². The summed E-state index contributed by atoms with van der Waals surface area (Å²) in [4.78, 5) is 70.2. The Labute approximate surface area is 366 Å². The van der Waals surface area contributed by atoms with Crippen LogP contribution >= 0.6 is 0 Å². The van der Waals surface area contributed by atoms with Crippen molar-refractivity contribution in [2.45, 2.75) is 63.5 Å². The second-order valence-electron chi connectivity index (χ2n) is 17.3. The Bertz CT molecular complexity index is 2420. The second kappa shape index (κ2) is 18.8. The summed E-state index contributed by atoms with van der Waals surface area (Å²) in [7, 11) is 1.52. The Morgan fingerprint density at radius 3 is 2.37 bits per heavy atom. The lowest BCUT2D eigenvalue weighted by Crippen LogP contribution is -2.49. The minimum Gasteiger partial charge on any atom is -0.495 e. The van der Waals surface area contributed by atoms with Crippen molar-refractivity contribution < 1.29 is 23.9 Å². The van der Waals surface area contributed by atoms with E-state index in [1.165, 1.54) is 17.7 Å². The Hall–Kier alpha value is -6.55. The number of urea groups is 1. The van der Waals surface area contributed by atoms with Gasteiger partial charge in [0.05, 0.1) is 25.5 Å². The van der Waals surface area contributed by atoms with Crippen LogP contribution in [0.4, 0.5) is 27.7 Å². The predicted molar refractivity (Wildman–Crippen MR) is 240 cm³/mol. The van der Waals surface area contributed by atoms with E-state index in [0.29, 0.717) is 47.6 Å². The molecule has 5 aromatic rings. The van der Waals surface area contributed by atoms with Crippen LogP contribution in [-0.2, 0) is 16.0 Å². The molecule has 2 aromatic heterocycles. The molecular formula is C47H55N11O5. The third kappa shape index (κ3) is 9.75. The highest BCUT2D eigenvalue weighted by Gasteiger charge is 2.33. The summed E-state index contributed by atoms with van der Waals surface area (Å²) >= 11 is 0. The quantitative estimate of drug-likeness (QED) is 0.112. The van der Waals surface area contributed by atoms with Gasteiger partial charge in [0, 0.05) is 81.3 Å². The Balaban J connectivity index is 0.693. The molecule has 2 saturated heterocycles. The van der Waals surface area contributed by atoms with E-state index in [1.54, 1.807) is 24.5 Å². The first kappa shape index (κ1) is 41.8. The normalized spacial score (nSPS) is 21.7. The zero-order valence-corrected chi connectivity index (χ0v) is 35.7. The van der Waals surface area contributed by atoms with E-state index < -0.39 is 6.03 Å². The topological polar surface area (TPSA) is 179 Å². The van der Waals surface area contributed by atoms with Crippen molar-refractivity contribution in [3.05, 3.63) is 96.6 Å². The highest BCUT2D eigenvalue weighted by Crippen LogP contribution is 2.36. The summed E-state index contributed by atoms with van der Waals surface area (Å²) in [6, 6.07) is 23.2. The van der Waals surface area contributed by atoms with Crippen LogP contribution in [0.2, 0.25) is 0 Å². The third-order valence-electron chi connectivity index (χ3n) is 13.1. The van der Waals surface area contributed by atoms with Crippen molar-refractivity contribution in [3.63, 3.8) is 0 Å². The van der Waals surface area contributed by atoms with E-state index in [1.807, 2.05) is 36.7 Å². The molecule has 4 aliphatic rings. The standard InChI is InChI=1S/C47H55N11O5/c1-63-40-16-11-34(24-39(40)57-18-17-41(59)54-47(57)62)46(61)48-27-32-7-9-33(10-8-32)28-55-19-21-56(22-20-55)37-14-12-35(13-15-37)53-44-43-45(50-29-49-44)58(30-51-43)38-25-36(26-38)52-42(60)23-31-5-3-2-4-6-31/h2-6,11-16,24,29-30,32-33,36,38H,7-10,17-23,25-28H2,1H3,(H,48,61)(H,52,60)(H,49,50,53)(H,54,59,62). The number of methoxy groups -OCH3 is 1. The molecule has 9 rings (SSSR count). The zero-order valence-electron chi connectivity index (χ0n) is 35.7. The van der Waals surface area contributed by atoms with Gasteiger partial charge < -0.3 is 30.2 Å². The molecule has 328 valence electrons. The number of anilines is 4. The number of rotatable bonds is 14. The maximum Gasteiger partial charge on any atom is 0.328 e. The Morgan fingerprint density at radius 2 is 1.62 bits per heavy atom. The summed E-state index contributed by atoms with van der Waals surface area (Å²) in [6.45, 7) is 5.96. The molecule has 3 aromatic carbocycles. The molecule has 2 aliphatic heterocycles. The van der Waals surface area contributed by atoms with Crippen LogP contribution in [0.5, 0.6) is 5.75 Å². The fourth-order valence-corrected chi connectivity index (χ4v) is 9.44. The lowest BCUT2D eigenvalue weighted by atomic mass is 9.81. The number of nitrogens with zero attached hydrogens (tertiary/aromatic N) is 7. The number of nitrogens with one attached hydrogen (secondary N) is 4. The lowest BCUT2D eigenvalue weighted by molar-refractivity contribution is -0.122. The van der Waals surface area contributed by atoms with Crippen LogP contribution in [0.3, 0.4) is 0 Å². The van der Waals surface area contributed by atoms with Gasteiger partial charge in [-0.15, -0.1) is 0 Å². The van der Waals surface area contributed by atoms with Gasteiger partial charge >= 0.3 is 6.03 Å². The largest absolute Gasteiger partial charge is 0.495 e. The monoisotopic (exact) mass is 853 g/mol. The average molecular weight is 854 g/mol. The molecule has 5 amide bonds. The fraction of sp³-hybridized carbons (Fsp3) is 0.426. The zero-order chi connectivity index (χ0) is 43.3. The highest BCUT2D eigenvalue weighted by molar-refractivity contribution is 6.07. The van der Waals surface area contributed by atoms with Gasteiger partial charge in [-0.1, -0.05) is 30.3 Å². The van der Waals surface area contributed by atoms with Gasteiger partial charge in [-0.2, -0.15) is 0 Å². The summed E-state index contributed by atoms with van der Waals surface area (Å²) < 4.78 is 7.55. The molecule has 0 atom stereocenters. The summed E-state index contributed by atoms with van der Waals surface area (Å²) in [5, 5.41) is 12.1. The smallest absolute Gasteiger partial charge is 0.328 e. The number of imide groups is 1. The van der Waals surface area contributed by atoms with Crippen LogP contribution in [0.25, 0.3) is 11.2 Å². The Morgan fingerprint density at radius 1 is 0.857 bits per heavy atom. The van der Waals surface area contributed by atoms with E-state index in [9.17, 15) is 19.2 Å². The number of fused-ring (bicyclic) bond motifs is 1. The summed E-state index contributed by atoms with van der Waals surface area (Å²) in [5.41, 5.74) is 5.58. The molecule has 2 saturated carbocycles. The first-order valence-corrected chi connectivity index (χ1v) is 22.2. The van der Waals surface area contributed by atoms with Crippen LogP contribution in [-0.4, -0.2) is 107 Å². The maximum atomic E-state index is 13.2. The molecule has 4 fully saturated rings. The summed E-state index contributed by atoms with van der Waals surface area (Å²) in [6.07, 6.45) is 10.1. The molecule has 63 heavy (non-hydrogen) atoms. The number of hydrogen-bond donors (Lipinski definition) is 4. The number of ether oxygens (including phenoxy) is 1. The molecule has 0 radical (unpaired) electrons. The van der Waals surface area contributed by atoms with Crippen LogP contribution in [0.15, 0.2) is 85.5 Å². The molecule has 16 heteroatoms. The van der Waals surface area contributed by atoms with E-state index in [0.717, 1.165) is 93.7 Å². The number of carbonyl (C=O) groups is 4. The number of piperazine rings is 1. The van der Waals surface area contributed by atoms with Crippen molar-refractivity contribution in [3.8, 4) is 5.75 Å². The van der Waals surface area contributed by atoms with Gasteiger partial charge in [-0.25, -0.2) is 19.7 Å². The van der Waals surface area contributed by atoms with Gasteiger partial charge in [-0.3, -0.25) is 29.5 Å². The number of carbonyl (C=O) groups excluding carboxylic acids is 4. The number of benzene rings is 3. The predicted octanol–water partition coefficient (Wildman–Crippen LogP) is 5.45. The molecule has 0 spiro atoms. The van der Waals surface area contributed by atoms with Crippen LogP contribution < -0.4 is 35.8 Å². The highest BCUT2D eigenvalue weighted by atomic mass is 16.5. The van der Waals surface area contributed by atoms with E-state index >= 15 is 0 Å². The molecule has 4 N–H and O–H groups in total. The number of amides is 5. The molecule has 0 bridgehead atoms. The molecule has 0 unspecified atom stereocenters. The number of hydrogen-bond acceptors (Lipinski definition) is 11. The number of imidazole rings is 1. The van der Waals surface area contributed by atoms with Gasteiger partial charge in [0.2, 0.25) is 11.8 Å². The first-order chi connectivity index (χ1) is 30.8. The van der Waals surface area contributed by atoms with Gasteiger partial charge in [-0.05, 0) is 98.4 Å². The van der Waals surface area contributed by atoms with E-state index in [4.69, 9.17) is 4.74 Å². The van der Waals surface area contributed by atoms with Gasteiger partial charge in [0.1, 0.15) is 12.1 Å². The van der Waals surface area contributed by atoms with E-state index in [-0.39, 0.29) is 42.8 Å². The molecule has 16 nitrogen and oxygen atoms in total. The second-order valence-corrected chi connectivity index (χ2v) is 17.3. The Kier molecular flexibility index (Phi) is 12.5. The van der Waals surface area contributed by atoms with Crippen molar-refractivity contribution in [2.24, 2.45) is 11.8 Å². The average Bonchev–Trinajstić information content (AvgIpc) is 3.72. The van der Waals surface area contributed by atoms with Crippen molar-refractivity contribution in [1.82, 2.24) is 40.4 Å². The molecule has 2 aliphatic carbocycles. The SMILES string of the molecule is COc1ccc(C(=O)NCC2CCC(CN3CCN(c4ccc(Nc5ncnc6c5ncn6C5CC(NC(=O)Cc6ccccc6)C5)cc4)CC3)CC2)cc1N1CCC(=O)NC1=O. The minimum absolute atomic E-state index is 0.0490. The fourth-order valence-electron chi connectivity index (χ4n) is 9.44. The maximum absolute atomic E-state index is 13.2. The molecular weight excluding hydrogens is 799 g/mol. The van der Waals surface area contributed by atoms with Crippen molar-refractivity contribution in [1.29, 1.82) is 0 Å².